The van der Waals surface area contributed by atoms with Gasteiger partial charge in [-0.2, -0.15) is 0 Å². The smallest absolute Gasteiger partial charge is 0.0960 e. The first-order valence-corrected chi connectivity index (χ1v) is 4.97. The van der Waals surface area contributed by atoms with Crippen LogP contribution in [0.2, 0.25) is 4.34 Å². The van der Waals surface area contributed by atoms with Gasteiger partial charge in [0.25, 0.3) is 0 Å². The normalized spacial score (nSPS) is 13.4. The molecule has 0 aromatic carbocycles. The molecule has 1 aromatic rings. The summed E-state index contributed by atoms with van der Waals surface area (Å²) >= 11 is 7.47. The van der Waals surface area contributed by atoms with Crippen LogP contribution in [0.1, 0.15) is 18.9 Å². The molecule has 1 nitrogen and oxygen atoms in total. The van der Waals surface area contributed by atoms with Crippen molar-refractivity contribution in [3.63, 3.8) is 0 Å². The Morgan fingerprint density at radius 2 is 2.45 bits per heavy atom. The molecule has 62 valence electrons. The zero-order valence-corrected chi connectivity index (χ0v) is 8.08. The van der Waals surface area contributed by atoms with Gasteiger partial charge in [0, 0.05) is 6.04 Å². The molecule has 1 heterocycles. The van der Waals surface area contributed by atoms with E-state index in [1.54, 1.807) is 11.3 Å². The Bertz CT molecular complexity index is 222. The van der Waals surface area contributed by atoms with E-state index in [4.69, 9.17) is 17.3 Å². The molecule has 3 heteroatoms. The van der Waals surface area contributed by atoms with Crippen LogP contribution < -0.4 is 5.73 Å². The molecular formula is C8H12ClNS. The van der Waals surface area contributed by atoms with E-state index in [1.165, 1.54) is 5.56 Å². The number of thiophene rings is 1. The van der Waals surface area contributed by atoms with Gasteiger partial charge in [0.05, 0.1) is 4.34 Å². The van der Waals surface area contributed by atoms with Crippen molar-refractivity contribution in [2.75, 3.05) is 0 Å². The molecule has 2 N–H and O–H groups in total. The molecule has 1 rings (SSSR count). The molecule has 0 bridgehead atoms. The van der Waals surface area contributed by atoms with Crippen molar-refractivity contribution >= 4 is 22.9 Å². The fourth-order valence-electron chi connectivity index (χ4n) is 0.892. The van der Waals surface area contributed by atoms with Gasteiger partial charge < -0.3 is 5.73 Å². The molecule has 0 fully saturated rings. The van der Waals surface area contributed by atoms with Crippen molar-refractivity contribution in [3.8, 4) is 0 Å². The van der Waals surface area contributed by atoms with E-state index in [9.17, 15) is 0 Å². The highest BCUT2D eigenvalue weighted by atomic mass is 35.5. The number of rotatable bonds is 3. The second-order valence-electron chi connectivity index (χ2n) is 2.59. The van der Waals surface area contributed by atoms with Gasteiger partial charge in [0.2, 0.25) is 0 Å². The summed E-state index contributed by atoms with van der Waals surface area (Å²) in [4.78, 5) is 0. The largest absolute Gasteiger partial charge is 0.327 e. The highest BCUT2D eigenvalue weighted by molar-refractivity contribution is 7.14. The summed E-state index contributed by atoms with van der Waals surface area (Å²) in [6.45, 7) is 2.09. The van der Waals surface area contributed by atoms with E-state index in [1.807, 2.05) is 11.4 Å². The third kappa shape index (κ3) is 2.47. The number of hydrogen-bond acceptors (Lipinski definition) is 2. The average Bonchev–Trinajstić information content (AvgIpc) is 2.37. The fourth-order valence-corrected chi connectivity index (χ4v) is 1.84. The van der Waals surface area contributed by atoms with Crippen LogP contribution in [0.5, 0.6) is 0 Å². The van der Waals surface area contributed by atoms with Crippen LogP contribution in [0.4, 0.5) is 0 Å². The van der Waals surface area contributed by atoms with Crippen molar-refractivity contribution in [3.05, 3.63) is 21.3 Å². The first-order chi connectivity index (χ1) is 5.24. The fraction of sp³-hybridized carbons (Fsp3) is 0.500. The molecule has 1 atom stereocenters. The minimum atomic E-state index is 0.252. The highest BCUT2D eigenvalue weighted by Gasteiger charge is 2.05. The number of hydrogen-bond donors (Lipinski definition) is 1. The van der Waals surface area contributed by atoms with Crippen molar-refractivity contribution in [2.24, 2.45) is 5.73 Å². The molecule has 0 saturated heterocycles. The maximum Gasteiger partial charge on any atom is 0.0960 e. The zero-order valence-electron chi connectivity index (χ0n) is 6.51. The zero-order chi connectivity index (χ0) is 8.27. The lowest BCUT2D eigenvalue weighted by atomic mass is 10.1. The summed E-state index contributed by atoms with van der Waals surface area (Å²) in [5.74, 6) is 0. The predicted molar refractivity (Wildman–Crippen MR) is 51.3 cm³/mol. The lowest BCUT2D eigenvalue weighted by Gasteiger charge is -2.06. The Morgan fingerprint density at radius 1 is 1.73 bits per heavy atom. The first-order valence-electron chi connectivity index (χ1n) is 3.71. The Hall–Kier alpha value is -0.0500. The van der Waals surface area contributed by atoms with Crippen LogP contribution in [0, 0.1) is 0 Å². The van der Waals surface area contributed by atoms with E-state index in [-0.39, 0.29) is 6.04 Å². The van der Waals surface area contributed by atoms with Gasteiger partial charge in [-0.1, -0.05) is 18.5 Å². The summed E-state index contributed by atoms with van der Waals surface area (Å²) in [6, 6.07) is 2.30. The molecule has 0 amide bonds. The number of halogens is 1. The van der Waals surface area contributed by atoms with E-state index in [0.717, 1.165) is 17.2 Å². The Balaban J connectivity index is 2.56. The monoisotopic (exact) mass is 189 g/mol. The van der Waals surface area contributed by atoms with Gasteiger partial charge in [0.1, 0.15) is 0 Å². The molecule has 0 saturated carbocycles. The average molecular weight is 190 g/mol. The standard InChI is InChI=1S/C8H12ClNS/c1-2-7(10)5-6-3-4-11-8(6)9/h3-4,7H,2,5,10H2,1H3. The quantitative estimate of drug-likeness (QED) is 0.778. The van der Waals surface area contributed by atoms with Crippen LogP contribution in [0.25, 0.3) is 0 Å². The first kappa shape index (κ1) is 9.04. The second-order valence-corrected chi connectivity index (χ2v) is 4.11. The summed E-state index contributed by atoms with van der Waals surface area (Å²) < 4.78 is 0.883. The van der Waals surface area contributed by atoms with Crippen molar-refractivity contribution in [2.45, 2.75) is 25.8 Å². The van der Waals surface area contributed by atoms with Gasteiger partial charge in [-0.3, -0.25) is 0 Å². The third-order valence-corrected chi connectivity index (χ3v) is 2.95. The minimum absolute atomic E-state index is 0.252. The van der Waals surface area contributed by atoms with E-state index < -0.39 is 0 Å². The van der Waals surface area contributed by atoms with Crippen LogP contribution in [0.3, 0.4) is 0 Å². The number of nitrogens with two attached hydrogens (primary N) is 1. The molecule has 1 aromatic heterocycles. The van der Waals surface area contributed by atoms with Crippen molar-refractivity contribution in [1.29, 1.82) is 0 Å². The molecule has 0 aliphatic rings. The molecule has 1 unspecified atom stereocenters. The molecule has 0 spiro atoms. The van der Waals surface area contributed by atoms with Gasteiger partial charge in [-0.15, -0.1) is 11.3 Å². The van der Waals surface area contributed by atoms with Gasteiger partial charge in [-0.05, 0) is 29.9 Å². The Labute approximate surface area is 76.2 Å². The van der Waals surface area contributed by atoms with Crippen LogP contribution in [-0.4, -0.2) is 6.04 Å². The molecular weight excluding hydrogens is 178 g/mol. The van der Waals surface area contributed by atoms with Crippen molar-refractivity contribution < 1.29 is 0 Å². The lowest BCUT2D eigenvalue weighted by Crippen LogP contribution is -2.21. The van der Waals surface area contributed by atoms with Crippen LogP contribution >= 0.6 is 22.9 Å². The Morgan fingerprint density at radius 3 is 2.91 bits per heavy atom. The maximum absolute atomic E-state index is 5.90. The molecule has 0 aliphatic carbocycles. The molecule has 11 heavy (non-hydrogen) atoms. The third-order valence-electron chi connectivity index (χ3n) is 1.70. The van der Waals surface area contributed by atoms with Gasteiger partial charge in [-0.25, -0.2) is 0 Å². The highest BCUT2D eigenvalue weighted by Crippen LogP contribution is 2.23. The van der Waals surface area contributed by atoms with Crippen LogP contribution in [-0.2, 0) is 6.42 Å². The predicted octanol–water partition coefficient (Wildman–Crippen LogP) is 2.68. The molecule has 0 radical (unpaired) electrons. The Kier molecular flexibility index (Phi) is 3.37. The summed E-state index contributed by atoms with van der Waals surface area (Å²) in [6.07, 6.45) is 1.91. The van der Waals surface area contributed by atoms with Crippen LogP contribution in [0.15, 0.2) is 11.4 Å². The summed E-state index contributed by atoms with van der Waals surface area (Å²) in [5.41, 5.74) is 6.97. The summed E-state index contributed by atoms with van der Waals surface area (Å²) in [5, 5.41) is 2.00. The van der Waals surface area contributed by atoms with Crippen molar-refractivity contribution in [1.82, 2.24) is 0 Å². The topological polar surface area (TPSA) is 26.0 Å². The second kappa shape index (κ2) is 4.10. The minimum Gasteiger partial charge on any atom is -0.327 e. The van der Waals surface area contributed by atoms with E-state index in [2.05, 4.69) is 6.92 Å². The lowest BCUT2D eigenvalue weighted by molar-refractivity contribution is 0.647. The van der Waals surface area contributed by atoms with E-state index in [0.29, 0.717) is 0 Å². The van der Waals surface area contributed by atoms with Gasteiger partial charge in [0.15, 0.2) is 0 Å². The maximum atomic E-state index is 5.90. The summed E-state index contributed by atoms with van der Waals surface area (Å²) in [7, 11) is 0. The van der Waals surface area contributed by atoms with E-state index >= 15 is 0 Å². The van der Waals surface area contributed by atoms with Gasteiger partial charge >= 0.3 is 0 Å². The molecule has 0 aliphatic heterocycles. The SMILES string of the molecule is CCC(N)Cc1ccsc1Cl.